The molecule has 1 heterocycles. The average molecular weight is 374 g/mol. The van der Waals surface area contributed by atoms with Gasteiger partial charge in [-0.15, -0.1) is 11.3 Å². The molecule has 0 saturated carbocycles. The van der Waals surface area contributed by atoms with E-state index in [1.807, 2.05) is 0 Å². The van der Waals surface area contributed by atoms with E-state index in [9.17, 15) is 13.6 Å². The van der Waals surface area contributed by atoms with Crippen LogP contribution in [0.25, 0.3) is 11.3 Å². The van der Waals surface area contributed by atoms with Crippen LogP contribution in [0.2, 0.25) is 0 Å². The fourth-order valence-corrected chi connectivity index (χ4v) is 3.16. The fourth-order valence-electron chi connectivity index (χ4n) is 2.42. The molecule has 0 aliphatic heterocycles. The number of anilines is 1. The lowest BCUT2D eigenvalue weighted by Gasteiger charge is -2.04. The largest absolute Gasteiger partial charge is 0.494 e. The molecule has 0 spiro atoms. The second kappa shape index (κ2) is 8.05. The summed E-state index contributed by atoms with van der Waals surface area (Å²) in [6, 6.07) is 10.7. The Labute approximate surface area is 153 Å². The summed E-state index contributed by atoms with van der Waals surface area (Å²) < 4.78 is 31.8. The van der Waals surface area contributed by atoms with Gasteiger partial charge in [-0.3, -0.25) is 4.79 Å². The van der Waals surface area contributed by atoms with Crippen molar-refractivity contribution in [2.75, 3.05) is 12.4 Å². The Kier molecular flexibility index (Phi) is 5.58. The molecule has 0 aliphatic rings. The summed E-state index contributed by atoms with van der Waals surface area (Å²) in [6.07, 6.45) is 0.654. The highest BCUT2D eigenvalue weighted by molar-refractivity contribution is 7.14. The highest BCUT2D eigenvalue weighted by atomic mass is 32.1. The number of ether oxygens (including phenoxy) is 1. The number of hydrogen-bond donors (Lipinski definition) is 1. The van der Waals surface area contributed by atoms with E-state index < -0.39 is 5.82 Å². The molecular weight excluding hydrogens is 358 g/mol. The molecule has 0 saturated heterocycles. The fraction of sp³-hybridized carbons (Fsp3) is 0.158. The number of hydrogen-bond acceptors (Lipinski definition) is 4. The van der Waals surface area contributed by atoms with Crippen molar-refractivity contribution in [3.05, 3.63) is 65.0 Å². The van der Waals surface area contributed by atoms with Gasteiger partial charge < -0.3 is 10.1 Å². The third-order valence-corrected chi connectivity index (χ3v) is 4.49. The van der Waals surface area contributed by atoms with E-state index in [0.29, 0.717) is 22.8 Å². The molecule has 0 bridgehead atoms. The maximum absolute atomic E-state index is 13.8. The van der Waals surface area contributed by atoms with Crippen molar-refractivity contribution >= 4 is 22.4 Å². The van der Waals surface area contributed by atoms with Crippen molar-refractivity contribution < 1.29 is 18.3 Å². The zero-order chi connectivity index (χ0) is 18.5. The number of halogens is 2. The minimum atomic E-state index is -0.473. The Morgan fingerprint density at radius 2 is 2.08 bits per heavy atom. The van der Waals surface area contributed by atoms with Crippen LogP contribution in [0.5, 0.6) is 5.75 Å². The van der Waals surface area contributed by atoms with Crippen LogP contribution in [0, 0.1) is 11.6 Å². The Morgan fingerprint density at radius 1 is 1.23 bits per heavy atom. The number of thiazole rings is 1. The number of aromatic nitrogens is 1. The Hall–Kier alpha value is -2.80. The number of amides is 1. The van der Waals surface area contributed by atoms with Crippen molar-refractivity contribution in [2.45, 2.75) is 12.8 Å². The number of nitrogens with zero attached hydrogens (tertiary/aromatic N) is 1. The molecule has 3 rings (SSSR count). The van der Waals surface area contributed by atoms with Gasteiger partial charge in [-0.05, 0) is 42.3 Å². The number of aryl methyl sites for hydroxylation is 1. The molecule has 0 atom stereocenters. The van der Waals surface area contributed by atoms with Crippen LogP contribution in [0.15, 0.2) is 47.8 Å². The van der Waals surface area contributed by atoms with Crippen LogP contribution in [-0.4, -0.2) is 18.0 Å². The van der Waals surface area contributed by atoms with E-state index in [1.54, 1.807) is 23.6 Å². The first-order chi connectivity index (χ1) is 12.5. The molecule has 3 aromatic rings. The molecule has 0 unspecified atom stereocenters. The minimum absolute atomic E-state index is 0.162. The standard InChI is InChI=1S/C19H16F2N2O2S/c1-25-17-7-6-13(10-15(17)21)16-11-26-19(22-16)23-18(24)8-5-12-3-2-4-14(20)9-12/h2-4,6-7,9-11H,5,8H2,1H3,(H,22,23,24). The van der Waals surface area contributed by atoms with Gasteiger partial charge in [0.05, 0.1) is 12.8 Å². The van der Waals surface area contributed by atoms with E-state index in [2.05, 4.69) is 10.3 Å². The van der Waals surface area contributed by atoms with Crippen LogP contribution in [0.3, 0.4) is 0 Å². The SMILES string of the molecule is COc1ccc(-c2csc(NC(=O)CCc3cccc(F)c3)n2)cc1F. The van der Waals surface area contributed by atoms with E-state index in [-0.39, 0.29) is 23.9 Å². The second-order valence-corrected chi connectivity index (χ2v) is 6.42. The van der Waals surface area contributed by atoms with Gasteiger partial charge >= 0.3 is 0 Å². The van der Waals surface area contributed by atoms with Crippen molar-refractivity contribution in [1.82, 2.24) is 4.98 Å². The predicted molar refractivity (Wildman–Crippen MR) is 97.4 cm³/mol. The summed E-state index contributed by atoms with van der Waals surface area (Å²) in [5.74, 6) is -0.844. The van der Waals surface area contributed by atoms with E-state index in [4.69, 9.17) is 4.74 Å². The third kappa shape index (κ3) is 4.43. The molecule has 134 valence electrons. The number of carbonyl (C=O) groups excluding carboxylic acids is 1. The lowest BCUT2D eigenvalue weighted by molar-refractivity contribution is -0.116. The van der Waals surface area contributed by atoms with Gasteiger partial charge in [0, 0.05) is 17.4 Å². The number of nitrogens with one attached hydrogen (secondary N) is 1. The van der Waals surface area contributed by atoms with Gasteiger partial charge in [-0.1, -0.05) is 12.1 Å². The molecule has 7 heteroatoms. The molecule has 1 N–H and O–H groups in total. The molecular formula is C19H16F2N2O2S. The van der Waals surface area contributed by atoms with Crippen LogP contribution in [0.1, 0.15) is 12.0 Å². The van der Waals surface area contributed by atoms with Gasteiger partial charge in [0.2, 0.25) is 5.91 Å². The summed E-state index contributed by atoms with van der Waals surface area (Å²) in [5, 5.41) is 4.88. The third-order valence-electron chi connectivity index (χ3n) is 3.73. The van der Waals surface area contributed by atoms with Crippen LogP contribution in [0.4, 0.5) is 13.9 Å². The summed E-state index contributed by atoms with van der Waals surface area (Å²) in [7, 11) is 1.40. The monoisotopic (exact) mass is 374 g/mol. The maximum Gasteiger partial charge on any atom is 0.226 e. The van der Waals surface area contributed by atoms with Gasteiger partial charge in [0.25, 0.3) is 0 Å². The highest BCUT2D eigenvalue weighted by Crippen LogP contribution is 2.28. The number of benzene rings is 2. The predicted octanol–water partition coefficient (Wildman–Crippen LogP) is 4.67. The Balaban J connectivity index is 1.61. The average Bonchev–Trinajstić information content (AvgIpc) is 3.08. The number of rotatable bonds is 6. The normalized spacial score (nSPS) is 10.6. The van der Waals surface area contributed by atoms with Crippen molar-refractivity contribution in [2.24, 2.45) is 0 Å². The van der Waals surface area contributed by atoms with E-state index in [0.717, 1.165) is 5.56 Å². The van der Waals surface area contributed by atoms with Gasteiger partial charge in [-0.25, -0.2) is 13.8 Å². The summed E-state index contributed by atoms with van der Waals surface area (Å²) in [5.41, 5.74) is 1.92. The van der Waals surface area contributed by atoms with Crippen molar-refractivity contribution in [1.29, 1.82) is 0 Å². The Bertz CT molecular complexity index is 927. The molecule has 0 fully saturated rings. The smallest absolute Gasteiger partial charge is 0.226 e. The van der Waals surface area contributed by atoms with E-state index in [1.165, 1.54) is 42.7 Å². The Morgan fingerprint density at radius 3 is 2.81 bits per heavy atom. The first kappa shape index (κ1) is 18.0. The zero-order valence-electron chi connectivity index (χ0n) is 14.0. The maximum atomic E-state index is 13.8. The van der Waals surface area contributed by atoms with Crippen molar-refractivity contribution in [3.63, 3.8) is 0 Å². The first-order valence-electron chi connectivity index (χ1n) is 7.89. The van der Waals surface area contributed by atoms with Gasteiger partial charge in [-0.2, -0.15) is 0 Å². The van der Waals surface area contributed by atoms with Crippen LogP contribution in [-0.2, 0) is 11.2 Å². The second-order valence-electron chi connectivity index (χ2n) is 5.57. The summed E-state index contributed by atoms with van der Waals surface area (Å²) in [6.45, 7) is 0. The molecule has 26 heavy (non-hydrogen) atoms. The lowest BCUT2D eigenvalue weighted by atomic mass is 10.1. The molecule has 1 amide bonds. The quantitative estimate of drug-likeness (QED) is 0.682. The zero-order valence-corrected chi connectivity index (χ0v) is 14.8. The van der Waals surface area contributed by atoms with Gasteiger partial charge in [0.1, 0.15) is 5.82 Å². The van der Waals surface area contributed by atoms with E-state index >= 15 is 0 Å². The molecule has 0 radical (unpaired) electrons. The highest BCUT2D eigenvalue weighted by Gasteiger charge is 2.11. The first-order valence-corrected chi connectivity index (χ1v) is 8.77. The molecule has 0 aliphatic carbocycles. The minimum Gasteiger partial charge on any atom is -0.494 e. The number of carbonyl (C=O) groups is 1. The molecule has 4 nitrogen and oxygen atoms in total. The summed E-state index contributed by atoms with van der Waals surface area (Å²) >= 11 is 1.26. The topological polar surface area (TPSA) is 51.2 Å². The summed E-state index contributed by atoms with van der Waals surface area (Å²) in [4.78, 5) is 16.3. The lowest BCUT2D eigenvalue weighted by Crippen LogP contribution is -2.12. The van der Waals surface area contributed by atoms with Crippen LogP contribution < -0.4 is 10.1 Å². The molecule has 2 aromatic carbocycles. The molecule has 1 aromatic heterocycles. The van der Waals surface area contributed by atoms with Crippen molar-refractivity contribution in [3.8, 4) is 17.0 Å². The van der Waals surface area contributed by atoms with Gasteiger partial charge in [0.15, 0.2) is 16.7 Å². The number of methoxy groups -OCH3 is 1. The van der Waals surface area contributed by atoms with Crippen LogP contribution >= 0.6 is 11.3 Å².